The van der Waals surface area contributed by atoms with Crippen LogP contribution in [0.15, 0.2) is 42.6 Å². The second-order valence-corrected chi connectivity index (χ2v) is 6.09. The van der Waals surface area contributed by atoms with E-state index in [0.29, 0.717) is 11.5 Å². The number of aromatic nitrogens is 3. The molecule has 0 amide bonds. The predicted molar refractivity (Wildman–Crippen MR) is 94.7 cm³/mol. The molecule has 6 nitrogen and oxygen atoms in total. The fourth-order valence-electron chi connectivity index (χ4n) is 2.27. The van der Waals surface area contributed by atoms with E-state index in [1.54, 1.807) is 20.4 Å². The number of anilines is 1. The van der Waals surface area contributed by atoms with Gasteiger partial charge in [0.1, 0.15) is 5.69 Å². The molecular formula is C17H18N4O2S. The van der Waals surface area contributed by atoms with Gasteiger partial charge in [-0.15, -0.1) is 10.2 Å². The van der Waals surface area contributed by atoms with Crippen LogP contribution in [0.5, 0.6) is 11.5 Å². The molecule has 124 valence electrons. The molecule has 0 aliphatic heterocycles. The number of rotatable bonds is 6. The van der Waals surface area contributed by atoms with Crippen LogP contribution in [0.1, 0.15) is 18.5 Å². The monoisotopic (exact) mass is 342 g/mol. The number of hydrogen-bond donors (Lipinski definition) is 1. The topological polar surface area (TPSA) is 69.2 Å². The first-order chi connectivity index (χ1) is 11.7. The molecule has 1 N–H and O–H groups in total. The molecule has 7 heteroatoms. The Morgan fingerprint density at radius 3 is 2.58 bits per heavy atom. The van der Waals surface area contributed by atoms with Crippen LogP contribution >= 0.6 is 11.3 Å². The molecule has 0 saturated heterocycles. The molecule has 0 aliphatic carbocycles. The van der Waals surface area contributed by atoms with Gasteiger partial charge < -0.3 is 14.8 Å². The van der Waals surface area contributed by atoms with Gasteiger partial charge in [-0.05, 0) is 36.8 Å². The van der Waals surface area contributed by atoms with Gasteiger partial charge in [-0.2, -0.15) is 0 Å². The molecular weight excluding hydrogens is 324 g/mol. The van der Waals surface area contributed by atoms with E-state index in [1.165, 1.54) is 11.3 Å². The highest BCUT2D eigenvalue weighted by Crippen LogP contribution is 2.32. The smallest absolute Gasteiger partial charge is 0.206 e. The molecule has 24 heavy (non-hydrogen) atoms. The first-order valence-corrected chi connectivity index (χ1v) is 8.26. The Kier molecular flexibility index (Phi) is 4.90. The normalized spacial score (nSPS) is 11.8. The Balaban J connectivity index is 1.76. The van der Waals surface area contributed by atoms with Crippen LogP contribution in [0.4, 0.5) is 5.13 Å². The Labute approximate surface area is 144 Å². The molecule has 1 aromatic carbocycles. The first-order valence-electron chi connectivity index (χ1n) is 7.44. The van der Waals surface area contributed by atoms with Crippen molar-refractivity contribution in [2.45, 2.75) is 13.0 Å². The number of hydrogen-bond acceptors (Lipinski definition) is 7. The van der Waals surface area contributed by atoms with E-state index in [0.717, 1.165) is 21.4 Å². The summed E-state index contributed by atoms with van der Waals surface area (Å²) >= 11 is 1.47. The number of methoxy groups -OCH3 is 2. The average molecular weight is 342 g/mol. The van der Waals surface area contributed by atoms with Gasteiger partial charge in [0, 0.05) is 6.20 Å². The zero-order valence-electron chi connectivity index (χ0n) is 13.7. The third kappa shape index (κ3) is 3.46. The minimum atomic E-state index is 0.0503. The van der Waals surface area contributed by atoms with Crippen molar-refractivity contribution in [1.29, 1.82) is 0 Å². The van der Waals surface area contributed by atoms with Crippen molar-refractivity contribution in [2.24, 2.45) is 0 Å². The molecule has 0 fully saturated rings. The maximum absolute atomic E-state index is 5.35. The molecule has 0 saturated carbocycles. The summed E-state index contributed by atoms with van der Waals surface area (Å²) in [6.07, 6.45) is 1.75. The van der Waals surface area contributed by atoms with Gasteiger partial charge in [0.15, 0.2) is 16.5 Å². The summed E-state index contributed by atoms with van der Waals surface area (Å²) < 4.78 is 10.6. The minimum absolute atomic E-state index is 0.0503. The lowest BCUT2D eigenvalue weighted by Crippen LogP contribution is -2.06. The highest BCUT2D eigenvalue weighted by molar-refractivity contribution is 7.18. The molecule has 1 atom stereocenters. The maximum atomic E-state index is 5.35. The van der Waals surface area contributed by atoms with Crippen molar-refractivity contribution in [3.63, 3.8) is 0 Å². The van der Waals surface area contributed by atoms with E-state index in [-0.39, 0.29) is 6.04 Å². The fraction of sp³-hybridized carbons (Fsp3) is 0.235. The van der Waals surface area contributed by atoms with E-state index in [4.69, 9.17) is 9.47 Å². The van der Waals surface area contributed by atoms with Crippen LogP contribution in [0.3, 0.4) is 0 Å². The van der Waals surface area contributed by atoms with Crippen molar-refractivity contribution in [2.75, 3.05) is 19.5 Å². The molecule has 3 aromatic rings. The van der Waals surface area contributed by atoms with Crippen molar-refractivity contribution < 1.29 is 9.47 Å². The standard InChI is InChI=1S/C17H18N4O2S/c1-11(12-7-8-14(22-2)15(10-12)23-3)19-17-21-20-16(24-17)13-6-4-5-9-18-13/h4-11H,1-3H3,(H,19,21). The first kappa shape index (κ1) is 16.2. The predicted octanol–water partition coefficient (Wildman–Crippen LogP) is 3.79. The van der Waals surface area contributed by atoms with Crippen molar-refractivity contribution in [1.82, 2.24) is 15.2 Å². The van der Waals surface area contributed by atoms with E-state index in [9.17, 15) is 0 Å². The summed E-state index contributed by atoms with van der Waals surface area (Å²) in [5, 5.41) is 13.3. The molecule has 0 aliphatic rings. The number of ether oxygens (including phenoxy) is 2. The summed E-state index contributed by atoms with van der Waals surface area (Å²) in [7, 11) is 3.25. The Hall–Kier alpha value is -2.67. The zero-order valence-corrected chi connectivity index (χ0v) is 14.5. The SMILES string of the molecule is COc1ccc(C(C)Nc2nnc(-c3ccccn3)s2)cc1OC. The zero-order chi connectivity index (χ0) is 16.9. The Morgan fingerprint density at radius 2 is 1.88 bits per heavy atom. The lowest BCUT2D eigenvalue weighted by molar-refractivity contribution is 0.354. The second kappa shape index (κ2) is 7.27. The van der Waals surface area contributed by atoms with Crippen LogP contribution < -0.4 is 14.8 Å². The van der Waals surface area contributed by atoms with Crippen molar-refractivity contribution >= 4 is 16.5 Å². The number of pyridine rings is 1. The molecule has 3 rings (SSSR count). The van der Waals surface area contributed by atoms with Gasteiger partial charge in [0.2, 0.25) is 5.13 Å². The van der Waals surface area contributed by atoms with Gasteiger partial charge in [-0.25, -0.2) is 0 Å². The van der Waals surface area contributed by atoms with E-state index < -0.39 is 0 Å². The Bertz CT molecular complexity index is 807. The van der Waals surface area contributed by atoms with Gasteiger partial charge in [0.05, 0.1) is 20.3 Å². The lowest BCUT2D eigenvalue weighted by atomic mass is 10.1. The maximum Gasteiger partial charge on any atom is 0.206 e. The van der Waals surface area contributed by atoms with Crippen molar-refractivity contribution in [3.05, 3.63) is 48.2 Å². The van der Waals surface area contributed by atoms with Crippen LogP contribution in [-0.2, 0) is 0 Å². The largest absolute Gasteiger partial charge is 0.493 e. The molecule has 2 aromatic heterocycles. The average Bonchev–Trinajstić information content (AvgIpc) is 3.10. The summed E-state index contributed by atoms with van der Waals surface area (Å²) in [6.45, 7) is 2.06. The van der Waals surface area contributed by atoms with E-state index in [2.05, 4.69) is 27.4 Å². The van der Waals surface area contributed by atoms with Crippen LogP contribution in [-0.4, -0.2) is 29.4 Å². The van der Waals surface area contributed by atoms with Gasteiger partial charge in [-0.3, -0.25) is 4.98 Å². The Morgan fingerprint density at radius 1 is 1.04 bits per heavy atom. The van der Waals surface area contributed by atoms with Gasteiger partial charge in [0.25, 0.3) is 0 Å². The minimum Gasteiger partial charge on any atom is -0.493 e. The van der Waals surface area contributed by atoms with Gasteiger partial charge in [-0.1, -0.05) is 23.5 Å². The van der Waals surface area contributed by atoms with E-state index >= 15 is 0 Å². The molecule has 0 spiro atoms. The molecule has 0 bridgehead atoms. The number of nitrogens with one attached hydrogen (secondary N) is 1. The molecule has 1 unspecified atom stereocenters. The van der Waals surface area contributed by atoms with Crippen LogP contribution in [0.2, 0.25) is 0 Å². The third-order valence-corrected chi connectivity index (χ3v) is 4.43. The summed E-state index contributed by atoms with van der Waals surface area (Å²) in [5.41, 5.74) is 1.89. The highest BCUT2D eigenvalue weighted by atomic mass is 32.1. The molecule has 0 radical (unpaired) electrons. The quantitative estimate of drug-likeness (QED) is 0.735. The van der Waals surface area contributed by atoms with E-state index in [1.807, 2.05) is 36.4 Å². The fourth-order valence-corrected chi connectivity index (χ4v) is 3.07. The van der Waals surface area contributed by atoms with Crippen LogP contribution in [0.25, 0.3) is 10.7 Å². The van der Waals surface area contributed by atoms with Crippen molar-refractivity contribution in [3.8, 4) is 22.2 Å². The lowest BCUT2D eigenvalue weighted by Gasteiger charge is -2.15. The summed E-state index contributed by atoms with van der Waals surface area (Å²) in [5.74, 6) is 1.41. The third-order valence-electron chi connectivity index (χ3n) is 3.56. The summed E-state index contributed by atoms with van der Waals surface area (Å²) in [4.78, 5) is 4.29. The second-order valence-electron chi connectivity index (χ2n) is 5.11. The number of benzene rings is 1. The van der Waals surface area contributed by atoms with Crippen LogP contribution in [0, 0.1) is 0 Å². The number of nitrogens with zero attached hydrogens (tertiary/aromatic N) is 3. The summed E-state index contributed by atoms with van der Waals surface area (Å²) in [6, 6.07) is 11.6. The highest BCUT2D eigenvalue weighted by Gasteiger charge is 2.13. The molecule has 2 heterocycles. The van der Waals surface area contributed by atoms with Gasteiger partial charge >= 0.3 is 0 Å².